The third-order valence-electron chi connectivity index (χ3n) is 3.11. The minimum absolute atomic E-state index is 0.704. The third-order valence-corrected chi connectivity index (χ3v) is 3.11. The number of aliphatic hydroxyl groups is 1. The van der Waals surface area contributed by atoms with Crippen molar-refractivity contribution in [2.45, 2.75) is 32.9 Å². The van der Waals surface area contributed by atoms with Crippen LogP contribution >= 0.6 is 0 Å². The van der Waals surface area contributed by atoms with Gasteiger partial charge in [-0.1, -0.05) is 19.1 Å². The summed E-state index contributed by atoms with van der Waals surface area (Å²) in [5, 5.41) is 14.7. The van der Waals surface area contributed by atoms with Crippen LogP contribution in [0.15, 0.2) is 30.6 Å². The highest BCUT2D eigenvalue weighted by molar-refractivity contribution is 5.41. The fourth-order valence-corrected chi connectivity index (χ4v) is 2.10. The molecule has 1 N–H and O–H groups in total. The van der Waals surface area contributed by atoms with Crippen molar-refractivity contribution in [2.24, 2.45) is 0 Å². The molecular formula is C15H20N2O2. The highest BCUT2D eigenvalue weighted by Crippen LogP contribution is 2.30. The maximum Gasteiger partial charge on any atom is 0.125 e. The number of aromatic nitrogens is 2. The third kappa shape index (κ3) is 2.96. The standard InChI is InChI=1S/C15H20N2O2/c1-4-7-17-10-12(9-16-17)15(18)13-6-5-11(2)8-14(13)19-3/h5-6,8-10,15,18H,4,7H2,1-3H3. The summed E-state index contributed by atoms with van der Waals surface area (Å²) in [6.45, 7) is 4.95. The van der Waals surface area contributed by atoms with Gasteiger partial charge in [0.25, 0.3) is 0 Å². The van der Waals surface area contributed by atoms with Crippen LogP contribution in [0.25, 0.3) is 0 Å². The first-order chi connectivity index (χ1) is 9.15. The van der Waals surface area contributed by atoms with Crippen LogP contribution in [0, 0.1) is 6.92 Å². The lowest BCUT2D eigenvalue weighted by atomic mass is 10.0. The monoisotopic (exact) mass is 260 g/mol. The van der Waals surface area contributed by atoms with Crippen LogP contribution in [0.4, 0.5) is 0 Å². The van der Waals surface area contributed by atoms with Gasteiger partial charge >= 0.3 is 0 Å². The van der Waals surface area contributed by atoms with Gasteiger partial charge in [0.1, 0.15) is 11.9 Å². The average molecular weight is 260 g/mol. The fourth-order valence-electron chi connectivity index (χ4n) is 2.10. The smallest absolute Gasteiger partial charge is 0.125 e. The number of aryl methyl sites for hydroxylation is 2. The molecule has 4 heteroatoms. The number of methoxy groups -OCH3 is 1. The Balaban J connectivity index is 2.29. The van der Waals surface area contributed by atoms with E-state index in [1.54, 1.807) is 13.3 Å². The molecule has 2 aromatic rings. The first-order valence-electron chi connectivity index (χ1n) is 6.50. The van der Waals surface area contributed by atoms with Crippen molar-refractivity contribution in [2.75, 3.05) is 7.11 Å². The number of nitrogens with zero attached hydrogens (tertiary/aromatic N) is 2. The van der Waals surface area contributed by atoms with Crippen LogP contribution in [0.5, 0.6) is 5.75 Å². The summed E-state index contributed by atoms with van der Waals surface area (Å²) in [6.07, 6.45) is 3.90. The van der Waals surface area contributed by atoms with E-state index in [0.29, 0.717) is 5.75 Å². The zero-order chi connectivity index (χ0) is 13.8. The molecule has 0 bridgehead atoms. The summed E-state index contributed by atoms with van der Waals surface area (Å²) in [4.78, 5) is 0. The van der Waals surface area contributed by atoms with Crippen LogP contribution in [-0.4, -0.2) is 22.0 Å². The second kappa shape index (κ2) is 5.89. The van der Waals surface area contributed by atoms with Crippen LogP contribution in [0.1, 0.15) is 36.1 Å². The van der Waals surface area contributed by atoms with Gasteiger partial charge in [0, 0.05) is 23.9 Å². The number of ether oxygens (including phenoxy) is 1. The Labute approximate surface area is 113 Å². The maximum absolute atomic E-state index is 10.4. The van der Waals surface area contributed by atoms with Gasteiger partial charge in [-0.25, -0.2) is 0 Å². The van der Waals surface area contributed by atoms with Crippen molar-refractivity contribution < 1.29 is 9.84 Å². The fraction of sp³-hybridized carbons (Fsp3) is 0.400. The molecule has 1 aromatic carbocycles. The van der Waals surface area contributed by atoms with Crippen molar-refractivity contribution in [3.63, 3.8) is 0 Å². The molecular weight excluding hydrogens is 240 g/mol. The van der Waals surface area contributed by atoms with Crippen LogP contribution in [0.3, 0.4) is 0 Å². The SMILES string of the molecule is CCCn1cc(C(O)c2ccc(C)cc2OC)cn1. The number of benzene rings is 1. The van der Waals surface area contributed by atoms with Gasteiger partial charge in [-0.3, -0.25) is 4.68 Å². The number of hydrogen-bond acceptors (Lipinski definition) is 3. The van der Waals surface area contributed by atoms with Gasteiger partial charge in [-0.05, 0) is 25.0 Å². The maximum atomic E-state index is 10.4. The van der Waals surface area contributed by atoms with Crippen LogP contribution < -0.4 is 4.74 Å². The molecule has 0 spiro atoms. The first-order valence-corrected chi connectivity index (χ1v) is 6.50. The van der Waals surface area contributed by atoms with Gasteiger partial charge in [-0.15, -0.1) is 0 Å². The molecule has 1 aromatic heterocycles. The van der Waals surface area contributed by atoms with E-state index >= 15 is 0 Å². The lowest BCUT2D eigenvalue weighted by Gasteiger charge is -2.14. The van der Waals surface area contributed by atoms with E-state index in [1.165, 1.54) is 0 Å². The first kappa shape index (κ1) is 13.6. The number of aliphatic hydroxyl groups excluding tert-OH is 1. The topological polar surface area (TPSA) is 47.3 Å². The van der Waals surface area contributed by atoms with E-state index in [-0.39, 0.29) is 0 Å². The lowest BCUT2D eigenvalue weighted by molar-refractivity contribution is 0.214. The Morgan fingerprint density at radius 2 is 2.21 bits per heavy atom. The van der Waals surface area contributed by atoms with E-state index in [9.17, 15) is 5.11 Å². The van der Waals surface area contributed by atoms with E-state index in [1.807, 2.05) is 36.0 Å². The van der Waals surface area contributed by atoms with E-state index in [4.69, 9.17) is 4.74 Å². The van der Waals surface area contributed by atoms with E-state index in [0.717, 1.165) is 29.7 Å². The summed E-state index contributed by atoms with van der Waals surface area (Å²) in [7, 11) is 1.62. The summed E-state index contributed by atoms with van der Waals surface area (Å²) < 4.78 is 7.18. The number of rotatable bonds is 5. The molecule has 0 aliphatic heterocycles. The van der Waals surface area contributed by atoms with Crippen molar-refractivity contribution in [3.05, 3.63) is 47.3 Å². The van der Waals surface area contributed by atoms with Gasteiger partial charge in [-0.2, -0.15) is 5.10 Å². The highest BCUT2D eigenvalue weighted by atomic mass is 16.5. The molecule has 0 saturated heterocycles. The molecule has 2 rings (SSSR count). The Morgan fingerprint density at radius 1 is 1.42 bits per heavy atom. The Bertz CT molecular complexity index is 549. The Morgan fingerprint density at radius 3 is 2.89 bits per heavy atom. The molecule has 0 radical (unpaired) electrons. The quantitative estimate of drug-likeness (QED) is 0.899. The zero-order valence-electron chi connectivity index (χ0n) is 11.6. The highest BCUT2D eigenvalue weighted by Gasteiger charge is 2.17. The molecule has 0 aliphatic carbocycles. The summed E-state index contributed by atoms with van der Waals surface area (Å²) >= 11 is 0. The average Bonchev–Trinajstić information content (AvgIpc) is 2.87. The van der Waals surface area contributed by atoms with Crippen molar-refractivity contribution in [1.29, 1.82) is 0 Å². The second-order valence-corrected chi connectivity index (χ2v) is 4.68. The number of hydrogen-bond donors (Lipinski definition) is 1. The molecule has 1 heterocycles. The lowest BCUT2D eigenvalue weighted by Crippen LogP contribution is -2.02. The Hall–Kier alpha value is -1.81. The van der Waals surface area contributed by atoms with Crippen molar-refractivity contribution >= 4 is 0 Å². The summed E-state index contributed by atoms with van der Waals surface area (Å²) in [6, 6.07) is 5.79. The van der Waals surface area contributed by atoms with Crippen molar-refractivity contribution in [3.8, 4) is 5.75 Å². The van der Waals surface area contributed by atoms with Gasteiger partial charge in [0.15, 0.2) is 0 Å². The van der Waals surface area contributed by atoms with E-state index in [2.05, 4.69) is 12.0 Å². The largest absolute Gasteiger partial charge is 0.496 e. The molecule has 102 valence electrons. The van der Waals surface area contributed by atoms with Crippen molar-refractivity contribution in [1.82, 2.24) is 9.78 Å². The molecule has 0 aliphatic rings. The van der Waals surface area contributed by atoms with E-state index < -0.39 is 6.10 Å². The zero-order valence-corrected chi connectivity index (χ0v) is 11.6. The molecule has 0 fully saturated rings. The molecule has 19 heavy (non-hydrogen) atoms. The summed E-state index contributed by atoms with van der Waals surface area (Å²) in [5.41, 5.74) is 2.66. The van der Waals surface area contributed by atoms with Gasteiger partial charge in [0.2, 0.25) is 0 Å². The second-order valence-electron chi connectivity index (χ2n) is 4.68. The molecule has 4 nitrogen and oxygen atoms in total. The molecule has 1 atom stereocenters. The Kier molecular flexibility index (Phi) is 4.22. The minimum Gasteiger partial charge on any atom is -0.496 e. The normalized spacial score (nSPS) is 12.4. The molecule has 1 unspecified atom stereocenters. The predicted molar refractivity (Wildman–Crippen MR) is 74.3 cm³/mol. The van der Waals surface area contributed by atoms with Gasteiger partial charge in [0.05, 0.1) is 13.3 Å². The molecule has 0 saturated carbocycles. The summed E-state index contributed by atoms with van der Waals surface area (Å²) in [5.74, 6) is 0.704. The van der Waals surface area contributed by atoms with Crippen LogP contribution in [-0.2, 0) is 6.54 Å². The van der Waals surface area contributed by atoms with Gasteiger partial charge < -0.3 is 9.84 Å². The molecule has 0 amide bonds. The predicted octanol–water partition coefficient (Wildman–Crippen LogP) is 2.69. The van der Waals surface area contributed by atoms with Crippen LogP contribution in [0.2, 0.25) is 0 Å². The minimum atomic E-state index is -0.707.